The van der Waals surface area contributed by atoms with Crippen LogP contribution in [0.5, 0.6) is 0 Å². The molecule has 0 atom stereocenters. The molecule has 0 fully saturated rings. The van der Waals surface area contributed by atoms with Crippen LogP contribution in [0.2, 0.25) is 0 Å². The third-order valence-electron chi connectivity index (χ3n) is 4.86. The Labute approximate surface area is 181 Å². The summed E-state index contributed by atoms with van der Waals surface area (Å²) in [4.78, 5) is 5.05. The van der Waals surface area contributed by atoms with Gasteiger partial charge in [-0.05, 0) is 31.0 Å². The van der Waals surface area contributed by atoms with Crippen molar-refractivity contribution < 1.29 is 8.42 Å². The first-order valence-electron chi connectivity index (χ1n) is 9.59. The van der Waals surface area contributed by atoms with Gasteiger partial charge in [0.15, 0.2) is 0 Å². The molecule has 0 aliphatic heterocycles. The van der Waals surface area contributed by atoms with Crippen molar-refractivity contribution in [3.05, 3.63) is 94.9 Å². The van der Waals surface area contributed by atoms with Crippen LogP contribution in [-0.2, 0) is 16.6 Å². The molecule has 0 aliphatic rings. The van der Waals surface area contributed by atoms with Crippen LogP contribution in [0.25, 0.3) is 21.8 Å². The number of rotatable bonds is 6. The van der Waals surface area contributed by atoms with Gasteiger partial charge in [0.1, 0.15) is 5.01 Å². The first-order chi connectivity index (χ1) is 14.4. The molecule has 0 aliphatic carbocycles. The molecule has 152 valence electrons. The van der Waals surface area contributed by atoms with Gasteiger partial charge in [0.2, 0.25) is 10.0 Å². The summed E-state index contributed by atoms with van der Waals surface area (Å²) < 4.78 is 28.0. The minimum Gasteiger partial charge on any atom is -0.236 e. The number of hydrogen-bond acceptors (Lipinski definition) is 4. The smallest absolute Gasteiger partial charge is 0.236 e. The highest BCUT2D eigenvalue weighted by molar-refractivity contribution is 7.89. The van der Waals surface area contributed by atoms with E-state index in [0.29, 0.717) is 4.90 Å². The number of nitrogens with one attached hydrogen (secondary N) is 1. The number of nitrogens with zero attached hydrogens (tertiary/aromatic N) is 1. The van der Waals surface area contributed by atoms with Gasteiger partial charge >= 0.3 is 0 Å². The molecular formula is C24H22N2O2S2. The Hall–Kier alpha value is -2.80. The fourth-order valence-electron chi connectivity index (χ4n) is 3.27. The average molecular weight is 435 g/mol. The topological polar surface area (TPSA) is 59.1 Å². The van der Waals surface area contributed by atoms with Crippen molar-refractivity contribution in [1.82, 2.24) is 9.71 Å². The van der Waals surface area contributed by atoms with E-state index in [-0.39, 0.29) is 6.54 Å². The highest BCUT2D eigenvalue weighted by Gasteiger charge is 2.16. The quantitative estimate of drug-likeness (QED) is 0.431. The third-order valence-corrected chi connectivity index (χ3v) is 7.31. The van der Waals surface area contributed by atoms with Gasteiger partial charge in [-0.25, -0.2) is 18.1 Å². The predicted molar refractivity (Wildman–Crippen MR) is 123 cm³/mol. The maximum absolute atomic E-state index is 12.6. The van der Waals surface area contributed by atoms with E-state index in [1.807, 2.05) is 80.6 Å². The maximum Gasteiger partial charge on any atom is 0.241 e. The van der Waals surface area contributed by atoms with Gasteiger partial charge in [-0.1, -0.05) is 72.3 Å². The second kappa shape index (κ2) is 8.52. The van der Waals surface area contributed by atoms with Gasteiger partial charge in [0.25, 0.3) is 0 Å². The van der Waals surface area contributed by atoms with Crippen LogP contribution >= 0.6 is 11.3 Å². The van der Waals surface area contributed by atoms with Crippen LogP contribution in [0.1, 0.15) is 16.7 Å². The van der Waals surface area contributed by atoms with Gasteiger partial charge in [0, 0.05) is 23.1 Å². The van der Waals surface area contributed by atoms with E-state index < -0.39 is 10.0 Å². The van der Waals surface area contributed by atoms with E-state index in [1.165, 1.54) is 0 Å². The van der Waals surface area contributed by atoms with Crippen molar-refractivity contribution in [2.75, 3.05) is 0 Å². The lowest BCUT2D eigenvalue weighted by molar-refractivity contribution is 0.580. The molecule has 3 aromatic carbocycles. The number of aromatic nitrogens is 1. The summed E-state index contributed by atoms with van der Waals surface area (Å²) in [5, 5.41) is 2.99. The molecule has 0 saturated heterocycles. The number of hydrogen-bond donors (Lipinski definition) is 1. The second-order valence-corrected chi connectivity index (χ2v) is 9.79. The maximum atomic E-state index is 12.6. The molecule has 0 bridgehead atoms. The van der Waals surface area contributed by atoms with Crippen LogP contribution in [-0.4, -0.2) is 13.4 Å². The third kappa shape index (κ3) is 4.51. The molecule has 0 spiro atoms. The lowest BCUT2D eigenvalue weighted by Crippen LogP contribution is -2.24. The molecule has 4 aromatic rings. The SMILES string of the molecule is Cc1ccc(S(=O)(=O)NCc2ccc(-c3nc(-c4ccccc4)cs3)cc2)c(C)c1. The standard InChI is InChI=1S/C24H22N2O2S2/c1-17-8-13-23(18(2)14-17)30(27,28)25-15-19-9-11-21(12-10-19)24-26-22(16-29-24)20-6-4-3-5-7-20/h3-14,16,25H,15H2,1-2H3. The second-order valence-electron chi connectivity index (χ2n) is 7.19. The molecule has 0 unspecified atom stereocenters. The number of thiazole rings is 1. The molecule has 30 heavy (non-hydrogen) atoms. The highest BCUT2D eigenvalue weighted by Crippen LogP contribution is 2.29. The van der Waals surface area contributed by atoms with E-state index >= 15 is 0 Å². The van der Waals surface area contributed by atoms with Gasteiger partial charge in [-0.2, -0.15) is 0 Å². The molecule has 0 amide bonds. The van der Waals surface area contributed by atoms with Crippen molar-refractivity contribution in [3.8, 4) is 21.8 Å². The van der Waals surface area contributed by atoms with Crippen LogP contribution < -0.4 is 4.72 Å². The zero-order chi connectivity index (χ0) is 21.1. The first-order valence-corrected chi connectivity index (χ1v) is 12.0. The molecule has 6 heteroatoms. The Morgan fingerprint density at radius 1 is 0.900 bits per heavy atom. The van der Waals surface area contributed by atoms with Crippen molar-refractivity contribution in [1.29, 1.82) is 0 Å². The molecule has 1 aromatic heterocycles. The Balaban J connectivity index is 1.46. The van der Waals surface area contributed by atoms with Crippen molar-refractivity contribution in [2.24, 2.45) is 0 Å². The monoisotopic (exact) mass is 434 g/mol. The van der Waals surface area contributed by atoms with Crippen LogP contribution in [0, 0.1) is 13.8 Å². The van der Waals surface area contributed by atoms with Crippen molar-refractivity contribution >= 4 is 21.4 Å². The van der Waals surface area contributed by atoms with Crippen LogP contribution in [0.4, 0.5) is 0 Å². The average Bonchev–Trinajstić information content (AvgIpc) is 3.23. The fourth-order valence-corrected chi connectivity index (χ4v) is 5.35. The molecule has 1 N–H and O–H groups in total. The van der Waals surface area contributed by atoms with E-state index in [0.717, 1.165) is 38.5 Å². The molecule has 1 heterocycles. The van der Waals surface area contributed by atoms with Crippen LogP contribution in [0.3, 0.4) is 0 Å². The van der Waals surface area contributed by atoms with Crippen molar-refractivity contribution in [2.45, 2.75) is 25.3 Å². The van der Waals surface area contributed by atoms with E-state index in [1.54, 1.807) is 17.4 Å². The summed E-state index contributed by atoms with van der Waals surface area (Å²) in [5.74, 6) is 0. The normalized spacial score (nSPS) is 11.5. The fraction of sp³-hybridized carbons (Fsp3) is 0.125. The largest absolute Gasteiger partial charge is 0.241 e. The predicted octanol–water partition coefficient (Wildman–Crippen LogP) is 5.57. The molecule has 4 rings (SSSR count). The summed E-state index contributed by atoms with van der Waals surface area (Å²) in [6.07, 6.45) is 0. The number of benzene rings is 3. The minimum absolute atomic E-state index is 0.239. The Morgan fingerprint density at radius 3 is 2.33 bits per heavy atom. The van der Waals surface area contributed by atoms with Crippen molar-refractivity contribution in [3.63, 3.8) is 0 Å². The number of aryl methyl sites for hydroxylation is 2. The minimum atomic E-state index is -3.56. The molecule has 0 saturated carbocycles. The summed E-state index contributed by atoms with van der Waals surface area (Å²) in [6, 6.07) is 23.3. The lowest BCUT2D eigenvalue weighted by atomic mass is 10.1. The van der Waals surface area contributed by atoms with Gasteiger partial charge in [0.05, 0.1) is 10.6 Å². The summed E-state index contributed by atoms with van der Waals surface area (Å²) >= 11 is 1.60. The zero-order valence-electron chi connectivity index (χ0n) is 16.8. The first kappa shape index (κ1) is 20.5. The molecular weight excluding hydrogens is 412 g/mol. The Bertz CT molecular complexity index is 1260. The Kier molecular flexibility index (Phi) is 5.81. The molecule has 4 nitrogen and oxygen atoms in total. The highest BCUT2D eigenvalue weighted by atomic mass is 32.2. The summed E-state index contributed by atoms with van der Waals surface area (Å²) in [5.41, 5.74) is 5.75. The summed E-state index contributed by atoms with van der Waals surface area (Å²) in [6.45, 7) is 4.00. The van der Waals surface area contributed by atoms with Gasteiger partial charge in [-0.15, -0.1) is 11.3 Å². The van der Waals surface area contributed by atoms with Gasteiger partial charge < -0.3 is 0 Å². The van der Waals surface area contributed by atoms with E-state index in [4.69, 9.17) is 4.98 Å². The van der Waals surface area contributed by atoms with E-state index in [2.05, 4.69) is 10.1 Å². The van der Waals surface area contributed by atoms with E-state index in [9.17, 15) is 8.42 Å². The van der Waals surface area contributed by atoms with Crippen LogP contribution in [0.15, 0.2) is 83.1 Å². The number of sulfonamides is 1. The Morgan fingerprint density at radius 2 is 1.63 bits per heavy atom. The zero-order valence-corrected chi connectivity index (χ0v) is 18.4. The molecule has 0 radical (unpaired) electrons. The summed E-state index contributed by atoms with van der Waals surface area (Å²) in [7, 11) is -3.56. The lowest BCUT2D eigenvalue weighted by Gasteiger charge is -2.10. The van der Waals surface area contributed by atoms with Gasteiger partial charge in [-0.3, -0.25) is 0 Å².